The standard InChI is InChI=1S/C21H26N2O6/c1-4-27-18-11-6-15(12-19(18)28-5-2)23-20(24)13-22-21(25)14-29-17-9-7-16(26-3)8-10-17/h6-12H,4-5,13-14H2,1-3H3,(H,22,25)(H,23,24). The van der Waals surface area contributed by atoms with Gasteiger partial charge in [-0.05, 0) is 50.2 Å². The molecule has 0 aromatic heterocycles. The normalized spacial score (nSPS) is 10.0. The topological polar surface area (TPSA) is 95.1 Å². The van der Waals surface area contributed by atoms with Gasteiger partial charge in [0.25, 0.3) is 5.91 Å². The lowest BCUT2D eigenvalue weighted by molar-refractivity contribution is -0.125. The molecule has 2 amide bonds. The predicted octanol–water partition coefficient (Wildman–Crippen LogP) is 2.63. The summed E-state index contributed by atoms with van der Waals surface area (Å²) in [7, 11) is 1.57. The lowest BCUT2D eigenvalue weighted by atomic mass is 10.2. The molecule has 0 heterocycles. The molecule has 8 heteroatoms. The summed E-state index contributed by atoms with van der Waals surface area (Å²) in [6, 6.07) is 12.0. The molecule has 0 aliphatic carbocycles. The van der Waals surface area contributed by atoms with E-state index >= 15 is 0 Å². The molecular formula is C21H26N2O6. The summed E-state index contributed by atoms with van der Waals surface area (Å²) in [4.78, 5) is 24.0. The fourth-order valence-corrected chi connectivity index (χ4v) is 2.38. The fourth-order valence-electron chi connectivity index (χ4n) is 2.38. The van der Waals surface area contributed by atoms with Crippen LogP contribution >= 0.6 is 0 Å². The van der Waals surface area contributed by atoms with Gasteiger partial charge in [-0.15, -0.1) is 0 Å². The maximum Gasteiger partial charge on any atom is 0.258 e. The molecule has 2 N–H and O–H groups in total. The minimum absolute atomic E-state index is 0.179. The number of carbonyl (C=O) groups is 2. The van der Waals surface area contributed by atoms with Crippen molar-refractivity contribution < 1.29 is 28.5 Å². The molecule has 0 fully saturated rings. The highest BCUT2D eigenvalue weighted by molar-refractivity contribution is 5.94. The average Bonchev–Trinajstić information content (AvgIpc) is 2.73. The summed E-state index contributed by atoms with van der Waals surface area (Å²) in [6.45, 7) is 4.36. The van der Waals surface area contributed by atoms with Crippen LogP contribution < -0.4 is 29.6 Å². The van der Waals surface area contributed by atoms with Gasteiger partial charge in [0, 0.05) is 11.8 Å². The highest BCUT2D eigenvalue weighted by atomic mass is 16.5. The van der Waals surface area contributed by atoms with Crippen LogP contribution in [0.5, 0.6) is 23.0 Å². The number of ether oxygens (including phenoxy) is 4. The summed E-state index contributed by atoms with van der Waals surface area (Å²) in [6.07, 6.45) is 0. The molecule has 0 saturated carbocycles. The van der Waals surface area contributed by atoms with E-state index in [2.05, 4.69) is 10.6 Å². The third kappa shape index (κ3) is 7.25. The van der Waals surface area contributed by atoms with Crippen LogP contribution in [0.3, 0.4) is 0 Å². The summed E-state index contributed by atoms with van der Waals surface area (Å²) >= 11 is 0. The van der Waals surface area contributed by atoms with Crippen LogP contribution in [0.15, 0.2) is 42.5 Å². The van der Waals surface area contributed by atoms with Crippen molar-refractivity contribution in [1.82, 2.24) is 5.32 Å². The molecule has 2 rings (SSSR count). The first-order valence-electron chi connectivity index (χ1n) is 9.28. The number of methoxy groups -OCH3 is 1. The van der Waals surface area contributed by atoms with Gasteiger partial charge >= 0.3 is 0 Å². The van der Waals surface area contributed by atoms with Gasteiger partial charge in [0.2, 0.25) is 5.91 Å². The highest BCUT2D eigenvalue weighted by Crippen LogP contribution is 2.30. The quantitative estimate of drug-likeness (QED) is 0.600. The number of hydrogen-bond donors (Lipinski definition) is 2. The third-order valence-electron chi connectivity index (χ3n) is 3.70. The van der Waals surface area contributed by atoms with Crippen LogP contribution in [-0.2, 0) is 9.59 Å². The monoisotopic (exact) mass is 402 g/mol. The lowest BCUT2D eigenvalue weighted by Crippen LogP contribution is -2.35. The Morgan fingerprint density at radius 1 is 0.828 bits per heavy atom. The van der Waals surface area contributed by atoms with E-state index in [0.29, 0.717) is 41.9 Å². The van der Waals surface area contributed by atoms with Crippen LogP contribution in [-0.4, -0.2) is 45.3 Å². The van der Waals surface area contributed by atoms with Crippen LogP contribution in [0.2, 0.25) is 0 Å². The zero-order chi connectivity index (χ0) is 21.1. The molecule has 0 spiro atoms. The van der Waals surface area contributed by atoms with Crippen LogP contribution in [0.4, 0.5) is 5.69 Å². The second kappa shape index (κ2) is 11.4. The maximum atomic E-state index is 12.1. The number of anilines is 1. The van der Waals surface area contributed by atoms with Gasteiger partial charge in [0.1, 0.15) is 11.5 Å². The Bertz CT molecular complexity index is 807. The molecule has 0 bridgehead atoms. The maximum absolute atomic E-state index is 12.1. The van der Waals surface area contributed by atoms with Gasteiger partial charge in [0.15, 0.2) is 18.1 Å². The van der Waals surface area contributed by atoms with Crippen molar-refractivity contribution in [2.45, 2.75) is 13.8 Å². The molecule has 0 aliphatic heterocycles. The van der Waals surface area contributed by atoms with E-state index in [1.165, 1.54) is 0 Å². The number of nitrogens with one attached hydrogen (secondary N) is 2. The molecule has 2 aromatic carbocycles. The molecule has 29 heavy (non-hydrogen) atoms. The van der Waals surface area contributed by atoms with E-state index in [9.17, 15) is 9.59 Å². The zero-order valence-corrected chi connectivity index (χ0v) is 16.8. The van der Waals surface area contributed by atoms with Crippen molar-refractivity contribution in [2.24, 2.45) is 0 Å². The van der Waals surface area contributed by atoms with Crippen LogP contribution in [0.1, 0.15) is 13.8 Å². The SMILES string of the molecule is CCOc1ccc(NC(=O)CNC(=O)COc2ccc(OC)cc2)cc1OCC. The third-order valence-corrected chi connectivity index (χ3v) is 3.70. The molecule has 8 nitrogen and oxygen atoms in total. The molecular weight excluding hydrogens is 376 g/mol. The second-order valence-corrected chi connectivity index (χ2v) is 5.82. The van der Waals surface area contributed by atoms with Gasteiger partial charge in [0.05, 0.1) is 26.9 Å². The molecule has 2 aromatic rings. The van der Waals surface area contributed by atoms with Gasteiger partial charge < -0.3 is 29.6 Å². The summed E-state index contributed by atoms with van der Waals surface area (Å²) in [5.74, 6) is 1.61. The smallest absolute Gasteiger partial charge is 0.258 e. The number of carbonyl (C=O) groups excluding carboxylic acids is 2. The molecule has 0 aliphatic rings. The summed E-state index contributed by atoms with van der Waals surface area (Å²) in [5, 5.41) is 5.22. The average molecular weight is 402 g/mol. The van der Waals surface area contributed by atoms with Crippen LogP contribution in [0.25, 0.3) is 0 Å². The molecule has 0 radical (unpaired) electrons. The van der Waals surface area contributed by atoms with Crippen molar-refractivity contribution in [2.75, 3.05) is 38.8 Å². The second-order valence-electron chi connectivity index (χ2n) is 5.82. The number of hydrogen-bond acceptors (Lipinski definition) is 6. The summed E-state index contributed by atoms with van der Waals surface area (Å²) < 4.78 is 21.4. The van der Waals surface area contributed by atoms with Gasteiger partial charge in [-0.3, -0.25) is 9.59 Å². The zero-order valence-electron chi connectivity index (χ0n) is 16.8. The van der Waals surface area contributed by atoms with Gasteiger partial charge in [-0.25, -0.2) is 0 Å². The fraction of sp³-hybridized carbons (Fsp3) is 0.333. The first kappa shape index (κ1) is 21.9. The van der Waals surface area contributed by atoms with Crippen molar-refractivity contribution in [3.63, 3.8) is 0 Å². The predicted molar refractivity (Wildman–Crippen MR) is 109 cm³/mol. The van der Waals surface area contributed by atoms with E-state index in [1.807, 2.05) is 13.8 Å². The molecule has 0 saturated heterocycles. The van der Waals surface area contributed by atoms with E-state index < -0.39 is 5.91 Å². The Morgan fingerprint density at radius 2 is 1.48 bits per heavy atom. The first-order valence-corrected chi connectivity index (χ1v) is 9.28. The highest BCUT2D eigenvalue weighted by Gasteiger charge is 2.10. The van der Waals surface area contributed by atoms with Crippen molar-refractivity contribution in [3.8, 4) is 23.0 Å². The van der Waals surface area contributed by atoms with Crippen molar-refractivity contribution >= 4 is 17.5 Å². The number of amides is 2. The lowest BCUT2D eigenvalue weighted by Gasteiger charge is -2.13. The summed E-state index contributed by atoms with van der Waals surface area (Å²) in [5.41, 5.74) is 0.547. The van der Waals surface area contributed by atoms with E-state index in [4.69, 9.17) is 18.9 Å². The van der Waals surface area contributed by atoms with E-state index in [0.717, 1.165) is 0 Å². The van der Waals surface area contributed by atoms with Crippen molar-refractivity contribution in [3.05, 3.63) is 42.5 Å². The van der Waals surface area contributed by atoms with E-state index in [1.54, 1.807) is 49.6 Å². The molecule has 156 valence electrons. The number of benzene rings is 2. The first-order chi connectivity index (χ1) is 14.0. The Labute approximate surface area is 170 Å². The minimum atomic E-state index is -0.405. The Balaban J connectivity index is 1.79. The minimum Gasteiger partial charge on any atom is -0.497 e. The van der Waals surface area contributed by atoms with Crippen molar-refractivity contribution in [1.29, 1.82) is 0 Å². The Kier molecular flexibility index (Phi) is 8.62. The number of rotatable bonds is 11. The molecule has 0 atom stereocenters. The largest absolute Gasteiger partial charge is 0.497 e. The van der Waals surface area contributed by atoms with E-state index in [-0.39, 0.29) is 19.1 Å². The Hall–Kier alpha value is -3.42. The van der Waals surface area contributed by atoms with Crippen LogP contribution in [0, 0.1) is 0 Å². The van der Waals surface area contributed by atoms with Gasteiger partial charge in [-0.1, -0.05) is 0 Å². The molecule has 0 unspecified atom stereocenters. The van der Waals surface area contributed by atoms with Gasteiger partial charge in [-0.2, -0.15) is 0 Å². The Morgan fingerprint density at radius 3 is 2.14 bits per heavy atom.